The van der Waals surface area contributed by atoms with Crippen molar-refractivity contribution in [1.82, 2.24) is 4.98 Å². The number of nitriles is 1. The summed E-state index contributed by atoms with van der Waals surface area (Å²) in [4.78, 5) is 29.3. The largest absolute Gasteiger partial charge is 0.507 e. The van der Waals surface area contributed by atoms with Gasteiger partial charge in [0.2, 0.25) is 0 Å². The Labute approximate surface area is 248 Å². The van der Waals surface area contributed by atoms with Crippen LogP contribution in [0.2, 0.25) is 5.02 Å². The summed E-state index contributed by atoms with van der Waals surface area (Å²) >= 11 is 6.04. The molecule has 0 unspecified atom stereocenters. The van der Waals surface area contributed by atoms with Crippen LogP contribution in [0, 0.1) is 11.3 Å². The van der Waals surface area contributed by atoms with Crippen molar-refractivity contribution in [1.29, 1.82) is 5.26 Å². The van der Waals surface area contributed by atoms with Crippen LogP contribution in [0.4, 0.5) is 11.5 Å². The standard InChI is InChI=1S/C30H26ClN5O4.ClH/c1-3-40-27-10-5-4-9-22(27)29(39)35-28-24(16-32)23(15-25(34-28)21-12-11-19(31)14-26(21)38)18-7-6-8-20(13-18)36-30(2,33)17-37;/h4-15,17,36,38H,3,33H2,1-2H3,(H,34,35,39);1H/t30-;/m0./s1. The molecule has 1 heterocycles. The molecule has 3 aromatic carbocycles. The number of ether oxygens (including phenoxy) is 1. The number of phenols is 1. The first-order chi connectivity index (χ1) is 19.2. The molecule has 41 heavy (non-hydrogen) atoms. The number of pyridine rings is 1. The number of hydrogen-bond acceptors (Lipinski definition) is 8. The summed E-state index contributed by atoms with van der Waals surface area (Å²) in [5.41, 5.74) is 7.13. The molecule has 4 aromatic rings. The number of para-hydroxylation sites is 1. The number of anilines is 2. The van der Waals surface area contributed by atoms with Gasteiger partial charge in [-0.2, -0.15) is 5.26 Å². The zero-order valence-electron chi connectivity index (χ0n) is 22.1. The maximum absolute atomic E-state index is 13.4. The highest BCUT2D eigenvalue weighted by Crippen LogP contribution is 2.37. The van der Waals surface area contributed by atoms with E-state index in [9.17, 15) is 20.0 Å². The monoisotopic (exact) mass is 591 g/mol. The zero-order chi connectivity index (χ0) is 28.9. The Morgan fingerprint density at radius 3 is 2.59 bits per heavy atom. The second-order valence-electron chi connectivity index (χ2n) is 9.04. The van der Waals surface area contributed by atoms with Crippen LogP contribution in [0.25, 0.3) is 22.4 Å². The van der Waals surface area contributed by atoms with E-state index in [0.717, 1.165) is 0 Å². The second kappa shape index (κ2) is 13.2. The quantitative estimate of drug-likeness (QED) is 0.136. The van der Waals surface area contributed by atoms with Crippen molar-refractivity contribution in [2.75, 3.05) is 17.2 Å². The molecule has 0 aliphatic heterocycles. The lowest BCUT2D eigenvalue weighted by molar-refractivity contribution is -0.111. The first kappa shape index (κ1) is 30.9. The minimum atomic E-state index is -1.32. The van der Waals surface area contributed by atoms with Crippen molar-refractivity contribution < 1.29 is 19.4 Å². The predicted octanol–water partition coefficient (Wildman–Crippen LogP) is 6.00. The number of amides is 1. The highest BCUT2D eigenvalue weighted by Gasteiger charge is 2.22. The molecule has 0 saturated carbocycles. The number of aromatic hydroxyl groups is 1. The Kier molecular flexibility index (Phi) is 9.92. The number of nitrogens with one attached hydrogen (secondary N) is 2. The van der Waals surface area contributed by atoms with E-state index in [-0.39, 0.29) is 40.8 Å². The smallest absolute Gasteiger partial charge is 0.260 e. The Morgan fingerprint density at radius 2 is 1.90 bits per heavy atom. The number of halogens is 2. The lowest BCUT2D eigenvalue weighted by Crippen LogP contribution is -2.46. The SMILES string of the molecule is CCOc1ccccc1C(=O)Nc1nc(-c2ccc(Cl)cc2O)cc(-c2cccc(N[C@](C)(N)C=O)c2)c1C#N.Cl. The van der Waals surface area contributed by atoms with Gasteiger partial charge in [0, 0.05) is 21.8 Å². The van der Waals surface area contributed by atoms with E-state index >= 15 is 0 Å². The third kappa shape index (κ3) is 7.13. The number of nitrogens with two attached hydrogens (primary N) is 1. The molecule has 5 N–H and O–H groups in total. The van der Waals surface area contributed by atoms with E-state index in [1.165, 1.54) is 13.0 Å². The van der Waals surface area contributed by atoms with Gasteiger partial charge < -0.3 is 26.2 Å². The van der Waals surface area contributed by atoms with Gasteiger partial charge >= 0.3 is 0 Å². The number of aromatic nitrogens is 1. The third-order valence-electron chi connectivity index (χ3n) is 5.86. The number of hydrogen-bond donors (Lipinski definition) is 4. The van der Waals surface area contributed by atoms with E-state index in [1.807, 2.05) is 6.92 Å². The number of aldehydes is 1. The van der Waals surface area contributed by atoms with Gasteiger partial charge in [0.25, 0.3) is 5.91 Å². The lowest BCUT2D eigenvalue weighted by Gasteiger charge is -2.21. The highest BCUT2D eigenvalue weighted by atomic mass is 35.5. The van der Waals surface area contributed by atoms with Crippen molar-refractivity contribution in [3.8, 4) is 40.0 Å². The fourth-order valence-electron chi connectivity index (χ4n) is 4.05. The number of phenolic OH excluding ortho intramolecular Hbond substituents is 1. The molecule has 0 spiro atoms. The Hall–Kier alpha value is -4.62. The number of rotatable bonds is 9. The minimum Gasteiger partial charge on any atom is -0.507 e. The Balaban J connectivity index is 0.00000462. The molecule has 0 saturated heterocycles. The van der Waals surface area contributed by atoms with E-state index in [0.29, 0.717) is 46.0 Å². The molecule has 11 heteroatoms. The molecule has 0 radical (unpaired) electrons. The molecule has 1 aromatic heterocycles. The van der Waals surface area contributed by atoms with Crippen LogP contribution >= 0.6 is 24.0 Å². The fraction of sp³-hybridized carbons (Fsp3) is 0.133. The molecular formula is C30H27Cl2N5O4. The van der Waals surface area contributed by atoms with Gasteiger partial charge in [0.15, 0.2) is 12.1 Å². The Morgan fingerprint density at radius 1 is 1.15 bits per heavy atom. The first-order valence-electron chi connectivity index (χ1n) is 12.3. The summed E-state index contributed by atoms with van der Waals surface area (Å²) < 4.78 is 5.59. The van der Waals surface area contributed by atoms with Gasteiger partial charge in [0.1, 0.15) is 28.8 Å². The second-order valence-corrected chi connectivity index (χ2v) is 9.48. The van der Waals surface area contributed by atoms with Crippen molar-refractivity contribution >= 4 is 47.7 Å². The molecule has 4 rings (SSSR count). The van der Waals surface area contributed by atoms with Crippen molar-refractivity contribution in [3.63, 3.8) is 0 Å². The van der Waals surface area contributed by atoms with E-state index in [2.05, 4.69) is 21.7 Å². The van der Waals surface area contributed by atoms with Gasteiger partial charge in [-0.05, 0) is 67.9 Å². The number of benzene rings is 3. The normalized spacial score (nSPS) is 11.8. The number of carbonyl (C=O) groups is 2. The first-order valence-corrected chi connectivity index (χ1v) is 12.6. The average Bonchev–Trinajstić information content (AvgIpc) is 2.93. The number of carbonyl (C=O) groups excluding carboxylic acids is 2. The highest BCUT2D eigenvalue weighted by molar-refractivity contribution is 6.30. The fourth-order valence-corrected chi connectivity index (χ4v) is 4.22. The summed E-state index contributed by atoms with van der Waals surface area (Å²) in [6, 6.07) is 22.0. The van der Waals surface area contributed by atoms with Crippen molar-refractivity contribution in [2.24, 2.45) is 5.73 Å². The topological polar surface area (TPSA) is 150 Å². The number of nitrogens with zero attached hydrogens (tertiary/aromatic N) is 2. The third-order valence-corrected chi connectivity index (χ3v) is 6.10. The van der Waals surface area contributed by atoms with Crippen LogP contribution in [0.5, 0.6) is 11.5 Å². The molecule has 210 valence electrons. The van der Waals surface area contributed by atoms with Gasteiger partial charge in [0.05, 0.1) is 17.9 Å². The molecule has 0 aliphatic carbocycles. The Bertz CT molecular complexity index is 1640. The van der Waals surface area contributed by atoms with Crippen LogP contribution in [0.3, 0.4) is 0 Å². The maximum atomic E-state index is 13.4. The summed E-state index contributed by atoms with van der Waals surface area (Å²) in [6.07, 6.45) is 0.585. The summed E-state index contributed by atoms with van der Waals surface area (Å²) in [7, 11) is 0. The molecule has 0 bridgehead atoms. The molecule has 0 aliphatic rings. The van der Waals surface area contributed by atoms with Crippen molar-refractivity contribution in [2.45, 2.75) is 19.5 Å². The molecular weight excluding hydrogens is 565 g/mol. The maximum Gasteiger partial charge on any atom is 0.260 e. The molecule has 9 nitrogen and oxygen atoms in total. The van der Waals surface area contributed by atoms with Crippen LogP contribution in [0.1, 0.15) is 29.8 Å². The van der Waals surface area contributed by atoms with Gasteiger partial charge in [-0.25, -0.2) is 4.98 Å². The summed E-state index contributed by atoms with van der Waals surface area (Å²) in [5, 5.41) is 26.9. The predicted molar refractivity (Wildman–Crippen MR) is 162 cm³/mol. The van der Waals surface area contributed by atoms with E-state index < -0.39 is 11.6 Å². The molecule has 1 atom stereocenters. The summed E-state index contributed by atoms with van der Waals surface area (Å²) in [6.45, 7) is 3.69. The van der Waals surface area contributed by atoms with Crippen LogP contribution in [0.15, 0.2) is 72.8 Å². The van der Waals surface area contributed by atoms with Crippen LogP contribution < -0.4 is 21.1 Å². The molecule has 1 amide bonds. The van der Waals surface area contributed by atoms with Crippen molar-refractivity contribution in [3.05, 3.63) is 88.9 Å². The van der Waals surface area contributed by atoms with Crippen LogP contribution in [-0.4, -0.2) is 34.6 Å². The molecule has 0 fully saturated rings. The van der Waals surface area contributed by atoms with Gasteiger partial charge in [-0.3, -0.25) is 9.59 Å². The minimum absolute atomic E-state index is 0. The van der Waals surface area contributed by atoms with E-state index in [4.69, 9.17) is 22.1 Å². The summed E-state index contributed by atoms with van der Waals surface area (Å²) in [5.74, 6) is -0.297. The zero-order valence-corrected chi connectivity index (χ0v) is 23.7. The van der Waals surface area contributed by atoms with E-state index in [1.54, 1.807) is 66.7 Å². The van der Waals surface area contributed by atoms with Gasteiger partial charge in [-0.1, -0.05) is 35.9 Å². The average molecular weight is 592 g/mol. The van der Waals surface area contributed by atoms with Gasteiger partial charge in [-0.15, -0.1) is 12.4 Å². The lowest BCUT2D eigenvalue weighted by atomic mass is 9.97. The van der Waals surface area contributed by atoms with Crippen LogP contribution in [-0.2, 0) is 4.79 Å².